The Morgan fingerprint density at radius 1 is 0.944 bits per heavy atom. The molecule has 0 saturated carbocycles. The molecule has 3 aromatic rings. The minimum Gasteiger partial charge on any atom is -0.384 e. The first-order chi connectivity index (χ1) is 8.74. The second kappa shape index (κ2) is 4.84. The minimum absolute atomic E-state index is 0.538. The van der Waals surface area contributed by atoms with Gasteiger partial charge >= 0.3 is 0 Å². The maximum absolute atomic E-state index is 10.3. The Morgan fingerprint density at radius 2 is 1.72 bits per heavy atom. The van der Waals surface area contributed by atoms with Crippen molar-refractivity contribution < 1.29 is 5.11 Å². The largest absolute Gasteiger partial charge is 0.384 e. The van der Waals surface area contributed by atoms with Crippen molar-refractivity contribution in [1.29, 1.82) is 0 Å². The van der Waals surface area contributed by atoms with Crippen LogP contribution >= 0.6 is 27.3 Å². The van der Waals surface area contributed by atoms with Crippen LogP contribution in [0.1, 0.15) is 17.2 Å². The lowest BCUT2D eigenvalue weighted by Crippen LogP contribution is -1.97. The Morgan fingerprint density at radius 3 is 2.50 bits per heavy atom. The van der Waals surface area contributed by atoms with E-state index in [4.69, 9.17) is 0 Å². The van der Waals surface area contributed by atoms with E-state index in [1.165, 1.54) is 5.39 Å². The highest BCUT2D eigenvalue weighted by atomic mass is 79.9. The van der Waals surface area contributed by atoms with Crippen LogP contribution in [-0.4, -0.2) is 5.11 Å². The van der Waals surface area contributed by atoms with Crippen molar-refractivity contribution in [3.8, 4) is 0 Å². The van der Waals surface area contributed by atoms with Crippen molar-refractivity contribution in [2.75, 3.05) is 0 Å². The summed E-state index contributed by atoms with van der Waals surface area (Å²) in [4.78, 5) is 0. The van der Waals surface area contributed by atoms with Crippen molar-refractivity contribution in [1.82, 2.24) is 0 Å². The molecule has 0 saturated heterocycles. The third-order valence-corrected chi connectivity index (χ3v) is 4.20. The van der Waals surface area contributed by atoms with Crippen LogP contribution in [0.5, 0.6) is 0 Å². The number of aliphatic hydroxyl groups is 1. The van der Waals surface area contributed by atoms with Crippen molar-refractivity contribution in [2.45, 2.75) is 6.10 Å². The van der Waals surface area contributed by atoms with E-state index in [0.29, 0.717) is 0 Å². The zero-order valence-corrected chi connectivity index (χ0v) is 11.9. The quantitative estimate of drug-likeness (QED) is 0.723. The van der Waals surface area contributed by atoms with E-state index in [1.54, 1.807) is 11.3 Å². The summed E-state index contributed by atoms with van der Waals surface area (Å²) in [6.07, 6.45) is -0.538. The van der Waals surface area contributed by atoms with Gasteiger partial charge in [-0.15, -0.1) is 0 Å². The molecular formula is C15H11BrOS. The maximum atomic E-state index is 10.3. The third-order valence-electron chi connectivity index (χ3n) is 3.00. The van der Waals surface area contributed by atoms with Crippen LogP contribution in [0, 0.1) is 0 Å². The van der Waals surface area contributed by atoms with Gasteiger partial charge in [-0.3, -0.25) is 0 Å². The topological polar surface area (TPSA) is 20.2 Å². The summed E-state index contributed by atoms with van der Waals surface area (Å²) in [6.45, 7) is 0. The molecule has 0 amide bonds. The molecule has 1 atom stereocenters. The standard InChI is InChI=1S/C15H11BrOS/c16-14-4-3-10-7-12(2-1-11(10)8-14)15(17)13-5-6-18-9-13/h1-9,15,17H. The normalized spacial score (nSPS) is 12.8. The molecule has 0 aliphatic rings. The van der Waals surface area contributed by atoms with Gasteiger partial charge in [0.2, 0.25) is 0 Å². The van der Waals surface area contributed by atoms with Gasteiger partial charge in [0, 0.05) is 4.47 Å². The van der Waals surface area contributed by atoms with Crippen LogP contribution in [0.25, 0.3) is 10.8 Å². The molecule has 3 rings (SSSR count). The first kappa shape index (κ1) is 11.9. The minimum atomic E-state index is -0.538. The van der Waals surface area contributed by atoms with Crippen LogP contribution in [0.4, 0.5) is 0 Å². The molecule has 1 aromatic heterocycles. The molecule has 0 aliphatic heterocycles. The summed E-state index contributed by atoms with van der Waals surface area (Å²) in [5.41, 5.74) is 1.89. The van der Waals surface area contributed by atoms with Crippen molar-refractivity contribution >= 4 is 38.0 Å². The van der Waals surface area contributed by atoms with Crippen molar-refractivity contribution in [3.63, 3.8) is 0 Å². The van der Waals surface area contributed by atoms with Gasteiger partial charge < -0.3 is 5.11 Å². The van der Waals surface area contributed by atoms with E-state index in [0.717, 1.165) is 21.0 Å². The fraction of sp³-hybridized carbons (Fsp3) is 0.0667. The van der Waals surface area contributed by atoms with Gasteiger partial charge in [0.15, 0.2) is 0 Å². The summed E-state index contributed by atoms with van der Waals surface area (Å²) in [5, 5.41) is 16.6. The van der Waals surface area contributed by atoms with Crippen LogP contribution in [-0.2, 0) is 0 Å². The number of aliphatic hydroxyl groups excluding tert-OH is 1. The van der Waals surface area contributed by atoms with E-state index in [1.807, 2.05) is 41.1 Å². The van der Waals surface area contributed by atoms with Gasteiger partial charge in [-0.2, -0.15) is 11.3 Å². The number of thiophene rings is 1. The highest BCUT2D eigenvalue weighted by molar-refractivity contribution is 9.10. The fourth-order valence-electron chi connectivity index (χ4n) is 2.03. The monoisotopic (exact) mass is 318 g/mol. The van der Waals surface area contributed by atoms with Gasteiger partial charge in [0.05, 0.1) is 0 Å². The predicted octanol–water partition coefficient (Wildman–Crippen LogP) is 4.75. The number of hydrogen-bond acceptors (Lipinski definition) is 2. The number of benzene rings is 2. The molecule has 0 bridgehead atoms. The van der Waals surface area contributed by atoms with Gasteiger partial charge in [0.25, 0.3) is 0 Å². The molecule has 90 valence electrons. The SMILES string of the molecule is OC(c1ccsc1)c1ccc2cc(Br)ccc2c1. The summed E-state index contributed by atoms with van der Waals surface area (Å²) in [7, 11) is 0. The van der Waals surface area contributed by atoms with Crippen LogP contribution < -0.4 is 0 Å². The van der Waals surface area contributed by atoms with Gasteiger partial charge in [0.1, 0.15) is 6.10 Å². The highest BCUT2D eigenvalue weighted by Crippen LogP contribution is 2.27. The van der Waals surface area contributed by atoms with Gasteiger partial charge in [-0.05, 0) is 56.9 Å². The molecule has 0 spiro atoms. The lowest BCUT2D eigenvalue weighted by Gasteiger charge is -2.10. The van der Waals surface area contributed by atoms with E-state index < -0.39 is 6.10 Å². The number of rotatable bonds is 2. The first-order valence-electron chi connectivity index (χ1n) is 5.63. The molecule has 3 heteroatoms. The fourth-order valence-corrected chi connectivity index (χ4v) is 3.09. The Balaban J connectivity index is 2.06. The zero-order chi connectivity index (χ0) is 12.5. The first-order valence-corrected chi connectivity index (χ1v) is 7.37. The summed E-state index contributed by atoms with van der Waals surface area (Å²) in [5.74, 6) is 0. The number of halogens is 1. The lowest BCUT2D eigenvalue weighted by molar-refractivity contribution is 0.221. The molecule has 1 N–H and O–H groups in total. The summed E-state index contributed by atoms with van der Waals surface area (Å²) >= 11 is 5.07. The molecule has 2 aromatic carbocycles. The second-order valence-corrected chi connectivity index (χ2v) is 5.91. The number of fused-ring (bicyclic) bond motifs is 1. The summed E-state index contributed by atoms with van der Waals surface area (Å²) < 4.78 is 1.07. The average Bonchev–Trinajstić information content (AvgIpc) is 2.91. The Bertz CT molecular complexity index is 676. The molecule has 0 radical (unpaired) electrons. The Labute approximate surface area is 118 Å². The van der Waals surface area contributed by atoms with Crippen molar-refractivity contribution in [2.24, 2.45) is 0 Å². The lowest BCUT2D eigenvalue weighted by atomic mass is 10.0. The highest BCUT2D eigenvalue weighted by Gasteiger charge is 2.11. The van der Waals surface area contributed by atoms with E-state index >= 15 is 0 Å². The summed E-state index contributed by atoms with van der Waals surface area (Å²) in [6, 6.07) is 14.2. The predicted molar refractivity (Wildman–Crippen MR) is 80.0 cm³/mol. The molecule has 1 nitrogen and oxygen atoms in total. The Kier molecular flexibility index (Phi) is 3.20. The molecular weight excluding hydrogens is 308 g/mol. The second-order valence-electron chi connectivity index (χ2n) is 4.21. The third kappa shape index (κ3) is 2.21. The number of hydrogen-bond donors (Lipinski definition) is 1. The molecule has 0 aliphatic carbocycles. The van der Waals surface area contributed by atoms with E-state index in [-0.39, 0.29) is 0 Å². The molecule has 18 heavy (non-hydrogen) atoms. The maximum Gasteiger partial charge on any atom is 0.105 e. The average molecular weight is 319 g/mol. The smallest absolute Gasteiger partial charge is 0.105 e. The van der Waals surface area contributed by atoms with Gasteiger partial charge in [-0.25, -0.2) is 0 Å². The van der Waals surface area contributed by atoms with Crippen molar-refractivity contribution in [3.05, 3.63) is 68.8 Å². The molecule has 1 heterocycles. The Hall–Kier alpha value is -1.16. The van der Waals surface area contributed by atoms with Crippen LogP contribution in [0.15, 0.2) is 57.7 Å². The van der Waals surface area contributed by atoms with Crippen LogP contribution in [0.3, 0.4) is 0 Å². The zero-order valence-electron chi connectivity index (χ0n) is 9.51. The molecule has 1 unspecified atom stereocenters. The van der Waals surface area contributed by atoms with E-state index in [2.05, 4.69) is 28.1 Å². The van der Waals surface area contributed by atoms with Gasteiger partial charge in [-0.1, -0.05) is 34.1 Å². The van der Waals surface area contributed by atoms with E-state index in [9.17, 15) is 5.11 Å². The molecule has 0 fully saturated rings. The van der Waals surface area contributed by atoms with Crippen LogP contribution in [0.2, 0.25) is 0 Å².